The number of pyridine rings is 1. The number of fused-ring (bicyclic) bond motifs is 1. The van der Waals surface area contributed by atoms with Crippen LogP contribution in [0.2, 0.25) is 0 Å². The summed E-state index contributed by atoms with van der Waals surface area (Å²) in [6.45, 7) is 1.96. The lowest BCUT2D eigenvalue weighted by Gasteiger charge is -2.10. The molecule has 23 heavy (non-hydrogen) atoms. The average molecular weight is 305 g/mol. The zero-order chi connectivity index (χ0) is 15.8. The van der Waals surface area contributed by atoms with E-state index in [9.17, 15) is 4.39 Å². The maximum atomic E-state index is 13.2. The minimum absolute atomic E-state index is 0.236. The van der Waals surface area contributed by atoms with Crippen molar-refractivity contribution >= 4 is 0 Å². The molecule has 2 heterocycles. The molecule has 0 fully saturated rings. The Morgan fingerprint density at radius 1 is 0.913 bits per heavy atom. The third-order valence-corrected chi connectivity index (χ3v) is 4.17. The summed E-state index contributed by atoms with van der Waals surface area (Å²) in [6.07, 6.45) is 3.03. The van der Waals surface area contributed by atoms with E-state index in [0.29, 0.717) is 5.82 Å². The topological polar surface area (TPSA) is 38.7 Å². The van der Waals surface area contributed by atoms with E-state index in [0.717, 1.165) is 47.6 Å². The second-order valence-corrected chi connectivity index (χ2v) is 5.85. The lowest BCUT2D eigenvalue weighted by Crippen LogP contribution is -2.01. The molecule has 0 saturated carbocycles. The summed E-state index contributed by atoms with van der Waals surface area (Å²) in [6, 6.07) is 12.4. The van der Waals surface area contributed by atoms with Crippen molar-refractivity contribution in [3.05, 3.63) is 65.2 Å². The molecule has 1 aliphatic rings. The maximum absolute atomic E-state index is 13.2. The Morgan fingerprint density at radius 3 is 2.52 bits per heavy atom. The highest BCUT2D eigenvalue weighted by atomic mass is 19.1. The van der Waals surface area contributed by atoms with E-state index in [4.69, 9.17) is 9.97 Å². The molecule has 0 amide bonds. The third-order valence-electron chi connectivity index (χ3n) is 4.17. The second kappa shape index (κ2) is 5.54. The molecule has 1 aromatic carbocycles. The van der Waals surface area contributed by atoms with E-state index < -0.39 is 0 Å². The van der Waals surface area contributed by atoms with Crippen molar-refractivity contribution in [3.63, 3.8) is 0 Å². The predicted octanol–water partition coefficient (Wildman–Crippen LogP) is 4.14. The number of hydrogen-bond acceptors (Lipinski definition) is 3. The first-order chi connectivity index (χ1) is 11.2. The summed E-state index contributed by atoms with van der Waals surface area (Å²) in [4.78, 5) is 14.0. The van der Waals surface area contributed by atoms with Gasteiger partial charge in [0.25, 0.3) is 0 Å². The molecule has 3 aromatic rings. The number of rotatable bonds is 2. The smallest absolute Gasteiger partial charge is 0.178 e. The van der Waals surface area contributed by atoms with Gasteiger partial charge in [0.05, 0.1) is 5.69 Å². The lowest BCUT2D eigenvalue weighted by atomic mass is 10.0. The van der Waals surface area contributed by atoms with Crippen molar-refractivity contribution in [1.82, 2.24) is 15.0 Å². The standard InChI is InChI=1S/C19H16FN3/c1-12-4-2-7-17(21-12)19-22-16-6-3-5-15(16)18(23-19)13-8-10-14(20)11-9-13/h2,4,7-11H,3,5-6H2,1H3. The fourth-order valence-corrected chi connectivity index (χ4v) is 3.06. The first kappa shape index (κ1) is 14.0. The van der Waals surface area contributed by atoms with Gasteiger partial charge in [-0.25, -0.2) is 19.3 Å². The van der Waals surface area contributed by atoms with Crippen LogP contribution in [0.3, 0.4) is 0 Å². The molecule has 4 heteroatoms. The first-order valence-electron chi connectivity index (χ1n) is 7.80. The van der Waals surface area contributed by atoms with Gasteiger partial charge in [0.15, 0.2) is 5.82 Å². The monoisotopic (exact) mass is 305 g/mol. The van der Waals surface area contributed by atoms with Crippen LogP contribution in [0, 0.1) is 12.7 Å². The molecule has 114 valence electrons. The van der Waals surface area contributed by atoms with Crippen LogP contribution in [-0.2, 0) is 12.8 Å². The number of benzene rings is 1. The van der Waals surface area contributed by atoms with E-state index >= 15 is 0 Å². The van der Waals surface area contributed by atoms with Crippen LogP contribution >= 0.6 is 0 Å². The Hall–Kier alpha value is -2.62. The molecule has 1 aliphatic carbocycles. The number of aryl methyl sites for hydroxylation is 2. The predicted molar refractivity (Wildman–Crippen MR) is 87.4 cm³/mol. The molecule has 0 spiro atoms. The highest BCUT2D eigenvalue weighted by Crippen LogP contribution is 2.32. The Morgan fingerprint density at radius 2 is 1.74 bits per heavy atom. The third kappa shape index (κ3) is 2.61. The Labute approximate surface area is 134 Å². The van der Waals surface area contributed by atoms with Crippen molar-refractivity contribution in [2.45, 2.75) is 26.2 Å². The minimum Gasteiger partial charge on any atom is -0.250 e. The SMILES string of the molecule is Cc1cccc(-c2nc3c(c(-c4ccc(F)cc4)n2)CCC3)n1. The summed E-state index contributed by atoms with van der Waals surface area (Å²) in [5.74, 6) is 0.411. The van der Waals surface area contributed by atoms with Crippen LogP contribution in [0.5, 0.6) is 0 Å². The zero-order valence-corrected chi connectivity index (χ0v) is 12.9. The summed E-state index contributed by atoms with van der Waals surface area (Å²) in [5, 5.41) is 0. The van der Waals surface area contributed by atoms with Crippen LogP contribution < -0.4 is 0 Å². The summed E-state index contributed by atoms with van der Waals surface area (Å²) in [7, 11) is 0. The van der Waals surface area contributed by atoms with Gasteiger partial charge in [0.2, 0.25) is 0 Å². The summed E-state index contributed by atoms with van der Waals surface area (Å²) in [5.41, 5.74) is 5.84. The summed E-state index contributed by atoms with van der Waals surface area (Å²) >= 11 is 0. The minimum atomic E-state index is -0.236. The summed E-state index contributed by atoms with van der Waals surface area (Å²) < 4.78 is 13.2. The zero-order valence-electron chi connectivity index (χ0n) is 12.9. The molecule has 0 unspecified atom stereocenters. The van der Waals surface area contributed by atoms with Gasteiger partial charge in [0.1, 0.15) is 11.5 Å². The van der Waals surface area contributed by atoms with Crippen molar-refractivity contribution in [2.75, 3.05) is 0 Å². The Balaban J connectivity index is 1.90. The average Bonchev–Trinajstić information content (AvgIpc) is 3.03. The number of aromatic nitrogens is 3. The molecular formula is C19H16FN3. The van der Waals surface area contributed by atoms with Gasteiger partial charge < -0.3 is 0 Å². The van der Waals surface area contributed by atoms with E-state index in [-0.39, 0.29) is 5.82 Å². The van der Waals surface area contributed by atoms with E-state index in [2.05, 4.69) is 4.98 Å². The van der Waals surface area contributed by atoms with E-state index in [1.807, 2.05) is 25.1 Å². The molecular weight excluding hydrogens is 289 g/mol. The van der Waals surface area contributed by atoms with Crippen molar-refractivity contribution in [1.29, 1.82) is 0 Å². The highest BCUT2D eigenvalue weighted by Gasteiger charge is 2.21. The maximum Gasteiger partial charge on any atom is 0.178 e. The first-order valence-corrected chi connectivity index (χ1v) is 7.80. The van der Waals surface area contributed by atoms with Gasteiger partial charge in [-0.05, 0) is 62.6 Å². The largest absolute Gasteiger partial charge is 0.250 e. The molecule has 0 radical (unpaired) electrons. The quantitative estimate of drug-likeness (QED) is 0.714. The lowest BCUT2D eigenvalue weighted by molar-refractivity contribution is 0.628. The number of hydrogen-bond donors (Lipinski definition) is 0. The number of halogens is 1. The second-order valence-electron chi connectivity index (χ2n) is 5.85. The Kier molecular flexibility index (Phi) is 3.37. The number of nitrogens with zero attached hydrogens (tertiary/aromatic N) is 3. The van der Waals surface area contributed by atoms with Gasteiger partial charge >= 0.3 is 0 Å². The van der Waals surface area contributed by atoms with Gasteiger partial charge in [-0.2, -0.15) is 0 Å². The van der Waals surface area contributed by atoms with Gasteiger partial charge in [-0.15, -0.1) is 0 Å². The van der Waals surface area contributed by atoms with Gasteiger partial charge in [-0.1, -0.05) is 6.07 Å². The van der Waals surface area contributed by atoms with Crippen LogP contribution in [-0.4, -0.2) is 15.0 Å². The highest BCUT2D eigenvalue weighted by molar-refractivity contribution is 5.67. The molecule has 4 rings (SSSR count). The molecule has 0 aliphatic heterocycles. The molecule has 0 atom stereocenters. The molecule has 3 nitrogen and oxygen atoms in total. The van der Waals surface area contributed by atoms with Gasteiger partial charge in [0, 0.05) is 22.5 Å². The van der Waals surface area contributed by atoms with Gasteiger partial charge in [-0.3, -0.25) is 0 Å². The fourth-order valence-electron chi connectivity index (χ4n) is 3.06. The van der Waals surface area contributed by atoms with Crippen LogP contribution in [0.15, 0.2) is 42.5 Å². The molecule has 0 saturated heterocycles. The normalized spacial score (nSPS) is 13.1. The van der Waals surface area contributed by atoms with Crippen molar-refractivity contribution in [2.24, 2.45) is 0 Å². The van der Waals surface area contributed by atoms with E-state index in [1.54, 1.807) is 12.1 Å². The fraction of sp³-hybridized carbons (Fsp3) is 0.211. The molecule has 0 bridgehead atoms. The van der Waals surface area contributed by atoms with Crippen LogP contribution in [0.4, 0.5) is 4.39 Å². The molecule has 2 aromatic heterocycles. The molecule has 0 N–H and O–H groups in total. The Bertz CT molecular complexity index is 872. The van der Waals surface area contributed by atoms with Crippen molar-refractivity contribution in [3.8, 4) is 22.8 Å². The van der Waals surface area contributed by atoms with E-state index in [1.165, 1.54) is 17.7 Å². The van der Waals surface area contributed by atoms with Crippen molar-refractivity contribution < 1.29 is 4.39 Å². The van der Waals surface area contributed by atoms with Crippen LogP contribution in [0.25, 0.3) is 22.8 Å². The van der Waals surface area contributed by atoms with Crippen LogP contribution in [0.1, 0.15) is 23.4 Å².